The summed E-state index contributed by atoms with van der Waals surface area (Å²) >= 11 is 5.18. The average molecular weight is 328 g/mol. The smallest absolute Gasteiger partial charge is 0.227 e. The first-order valence-corrected chi connectivity index (χ1v) is 7.68. The zero-order valence-corrected chi connectivity index (χ0v) is 12.3. The van der Waals surface area contributed by atoms with E-state index >= 15 is 0 Å². The molecule has 0 bridgehead atoms. The average Bonchev–Trinajstić information content (AvgIpc) is 2.92. The summed E-state index contributed by atoms with van der Waals surface area (Å²) in [6.07, 6.45) is 4.78. The lowest BCUT2D eigenvalue weighted by atomic mass is 9.77. The minimum atomic E-state index is -0.326. The van der Waals surface area contributed by atoms with Crippen molar-refractivity contribution in [2.45, 2.75) is 37.6 Å². The van der Waals surface area contributed by atoms with Crippen LogP contribution in [0.5, 0.6) is 0 Å². The van der Waals surface area contributed by atoms with E-state index in [-0.39, 0.29) is 5.54 Å². The van der Waals surface area contributed by atoms with Crippen LogP contribution in [0.3, 0.4) is 0 Å². The number of aryl methyl sites for hydroxylation is 2. The molecule has 1 fully saturated rings. The van der Waals surface area contributed by atoms with Gasteiger partial charge in [-0.3, -0.25) is 0 Å². The highest BCUT2D eigenvalue weighted by atomic mass is 79.9. The van der Waals surface area contributed by atoms with E-state index in [2.05, 4.69) is 37.5 Å². The lowest BCUT2D eigenvalue weighted by Gasteiger charge is -2.34. The molecule has 2 heterocycles. The van der Waals surface area contributed by atoms with Gasteiger partial charge in [-0.15, -0.1) is 11.3 Å². The molecule has 0 unspecified atom stereocenters. The molecule has 6 heteroatoms. The van der Waals surface area contributed by atoms with Gasteiger partial charge in [0.15, 0.2) is 5.82 Å². The fourth-order valence-electron chi connectivity index (χ4n) is 2.05. The second-order valence-electron chi connectivity index (χ2n) is 4.75. The van der Waals surface area contributed by atoms with Gasteiger partial charge in [0.1, 0.15) is 0 Å². The van der Waals surface area contributed by atoms with Gasteiger partial charge in [-0.25, -0.2) is 0 Å². The predicted octanol–water partition coefficient (Wildman–Crippen LogP) is 3.02. The van der Waals surface area contributed by atoms with Crippen molar-refractivity contribution in [3.63, 3.8) is 0 Å². The minimum Gasteiger partial charge on any atom is -0.339 e. The minimum absolute atomic E-state index is 0.326. The number of aromatic nitrogens is 2. The van der Waals surface area contributed by atoms with E-state index in [0.29, 0.717) is 11.7 Å². The third-order valence-electron chi connectivity index (χ3n) is 3.37. The van der Waals surface area contributed by atoms with Crippen LogP contribution in [-0.4, -0.2) is 10.1 Å². The van der Waals surface area contributed by atoms with Gasteiger partial charge in [-0.1, -0.05) is 5.16 Å². The molecule has 0 aromatic carbocycles. The van der Waals surface area contributed by atoms with Gasteiger partial charge >= 0.3 is 0 Å². The van der Waals surface area contributed by atoms with Crippen LogP contribution in [-0.2, 0) is 18.4 Å². The Morgan fingerprint density at radius 3 is 2.89 bits per heavy atom. The Kier molecular flexibility index (Phi) is 3.25. The van der Waals surface area contributed by atoms with Crippen LogP contribution in [0.2, 0.25) is 0 Å². The van der Waals surface area contributed by atoms with Crippen molar-refractivity contribution < 1.29 is 4.52 Å². The highest BCUT2D eigenvalue weighted by Crippen LogP contribution is 2.36. The van der Waals surface area contributed by atoms with E-state index in [4.69, 9.17) is 10.3 Å². The molecular formula is C12H14BrN3OS. The maximum Gasteiger partial charge on any atom is 0.227 e. The van der Waals surface area contributed by atoms with Crippen molar-refractivity contribution in [1.82, 2.24) is 10.1 Å². The van der Waals surface area contributed by atoms with Crippen LogP contribution in [0.25, 0.3) is 0 Å². The molecule has 1 saturated carbocycles. The summed E-state index contributed by atoms with van der Waals surface area (Å²) in [4.78, 5) is 5.73. The van der Waals surface area contributed by atoms with Crippen molar-refractivity contribution >= 4 is 27.3 Å². The van der Waals surface area contributed by atoms with Crippen LogP contribution in [0.4, 0.5) is 0 Å². The van der Waals surface area contributed by atoms with Crippen LogP contribution in [0.15, 0.2) is 20.4 Å². The summed E-state index contributed by atoms with van der Waals surface area (Å²) < 4.78 is 6.40. The van der Waals surface area contributed by atoms with Gasteiger partial charge in [0.25, 0.3) is 0 Å². The molecule has 0 atom stereocenters. The van der Waals surface area contributed by atoms with Crippen molar-refractivity contribution in [3.8, 4) is 0 Å². The Balaban J connectivity index is 1.63. The van der Waals surface area contributed by atoms with Gasteiger partial charge in [0, 0.05) is 21.2 Å². The maximum absolute atomic E-state index is 6.16. The molecule has 1 aliphatic carbocycles. The van der Waals surface area contributed by atoms with Gasteiger partial charge < -0.3 is 10.3 Å². The lowest BCUT2D eigenvalue weighted by molar-refractivity contribution is 0.229. The van der Waals surface area contributed by atoms with E-state index in [1.807, 2.05) is 0 Å². The fourth-order valence-corrected chi connectivity index (χ4v) is 3.51. The van der Waals surface area contributed by atoms with Crippen LogP contribution < -0.4 is 5.73 Å². The summed E-state index contributed by atoms with van der Waals surface area (Å²) in [7, 11) is 0. The molecule has 3 rings (SSSR count). The number of halogens is 1. The Labute approximate surface area is 118 Å². The van der Waals surface area contributed by atoms with Gasteiger partial charge in [-0.05, 0) is 47.7 Å². The molecule has 1 aliphatic rings. The maximum atomic E-state index is 6.16. The standard InChI is InChI=1S/C12H14BrN3OS/c13-8-6-9(18-7-8)2-3-10-15-11(16-17-10)12(14)4-1-5-12/h6-7H,1-5,14H2. The number of hydrogen-bond acceptors (Lipinski definition) is 5. The molecule has 2 N–H and O–H groups in total. The predicted molar refractivity (Wildman–Crippen MR) is 73.4 cm³/mol. The fraction of sp³-hybridized carbons (Fsp3) is 0.500. The van der Waals surface area contributed by atoms with E-state index in [1.165, 1.54) is 4.88 Å². The first-order chi connectivity index (χ1) is 8.66. The number of nitrogens with zero attached hydrogens (tertiary/aromatic N) is 2. The largest absolute Gasteiger partial charge is 0.339 e. The Morgan fingerprint density at radius 2 is 2.28 bits per heavy atom. The first-order valence-electron chi connectivity index (χ1n) is 6.01. The Hall–Kier alpha value is -0.720. The molecular weight excluding hydrogens is 314 g/mol. The van der Waals surface area contributed by atoms with Crippen molar-refractivity contribution in [2.75, 3.05) is 0 Å². The zero-order chi connectivity index (χ0) is 12.6. The molecule has 2 aromatic heterocycles. The molecule has 18 heavy (non-hydrogen) atoms. The van der Waals surface area contributed by atoms with Gasteiger partial charge in [0.2, 0.25) is 5.89 Å². The molecule has 0 radical (unpaired) electrons. The normalized spacial score (nSPS) is 17.7. The molecule has 0 aliphatic heterocycles. The van der Waals surface area contributed by atoms with Gasteiger partial charge in [0.05, 0.1) is 5.54 Å². The SMILES string of the molecule is NC1(c2noc(CCc3cc(Br)cs3)n2)CCC1. The Morgan fingerprint density at radius 1 is 1.44 bits per heavy atom. The highest BCUT2D eigenvalue weighted by molar-refractivity contribution is 9.10. The Bertz CT molecular complexity index is 547. The van der Waals surface area contributed by atoms with Crippen LogP contribution >= 0.6 is 27.3 Å². The molecule has 4 nitrogen and oxygen atoms in total. The van der Waals surface area contributed by atoms with E-state index in [1.54, 1.807) is 11.3 Å². The summed E-state index contributed by atoms with van der Waals surface area (Å²) in [6, 6.07) is 2.12. The summed E-state index contributed by atoms with van der Waals surface area (Å²) in [5.74, 6) is 1.36. The summed E-state index contributed by atoms with van der Waals surface area (Å²) in [5, 5.41) is 6.09. The third-order valence-corrected chi connectivity index (χ3v) is 5.12. The van der Waals surface area contributed by atoms with Crippen LogP contribution in [0.1, 0.15) is 35.9 Å². The van der Waals surface area contributed by atoms with E-state index in [0.717, 1.165) is 36.6 Å². The molecule has 0 spiro atoms. The number of thiophene rings is 1. The summed E-state index contributed by atoms with van der Waals surface area (Å²) in [5.41, 5.74) is 5.83. The number of nitrogens with two attached hydrogens (primary N) is 1. The summed E-state index contributed by atoms with van der Waals surface area (Å²) in [6.45, 7) is 0. The second-order valence-corrected chi connectivity index (χ2v) is 6.66. The van der Waals surface area contributed by atoms with Crippen molar-refractivity contribution in [3.05, 3.63) is 32.5 Å². The van der Waals surface area contributed by atoms with Gasteiger partial charge in [-0.2, -0.15) is 4.98 Å². The zero-order valence-electron chi connectivity index (χ0n) is 9.86. The second kappa shape index (κ2) is 4.75. The molecule has 96 valence electrons. The van der Waals surface area contributed by atoms with Crippen molar-refractivity contribution in [2.24, 2.45) is 5.73 Å². The third kappa shape index (κ3) is 2.37. The van der Waals surface area contributed by atoms with E-state index in [9.17, 15) is 0 Å². The van der Waals surface area contributed by atoms with Crippen molar-refractivity contribution in [1.29, 1.82) is 0 Å². The first kappa shape index (κ1) is 12.3. The number of rotatable bonds is 4. The molecule has 2 aromatic rings. The lowest BCUT2D eigenvalue weighted by Crippen LogP contribution is -2.44. The topological polar surface area (TPSA) is 64.9 Å². The van der Waals surface area contributed by atoms with E-state index < -0.39 is 0 Å². The highest BCUT2D eigenvalue weighted by Gasteiger charge is 2.38. The van der Waals surface area contributed by atoms with Crippen LogP contribution in [0, 0.1) is 0 Å². The monoisotopic (exact) mass is 327 g/mol. The number of hydrogen-bond donors (Lipinski definition) is 1. The quantitative estimate of drug-likeness (QED) is 0.937. The molecule has 0 amide bonds. The molecule has 0 saturated heterocycles.